The van der Waals surface area contributed by atoms with Crippen molar-refractivity contribution in [3.05, 3.63) is 35.4 Å². The van der Waals surface area contributed by atoms with Crippen LogP contribution < -0.4 is 0 Å². The molecule has 0 saturated carbocycles. The molecule has 0 saturated heterocycles. The molecule has 1 aromatic rings. The van der Waals surface area contributed by atoms with Gasteiger partial charge in [-0.15, -0.1) is 0 Å². The van der Waals surface area contributed by atoms with Crippen LogP contribution in [-0.4, -0.2) is 0 Å². The van der Waals surface area contributed by atoms with Gasteiger partial charge in [-0.25, -0.2) is 0 Å². The Kier molecular flexibility index (Phi) is 5.45. The number of hydrogen-bond acceptors (Lipinski definition) is 0. The van der Waals surface area contributed by atoms with Gasteiger partial charge in [-0.05, 0) is 36.3 Å². The highest BCUT2D eigenvalue weighted by atomic mass is 14.0. The third kappa shape index (κ3) is 5.01. The van der Waals surface area contributed by atoms with Crippen molar-refractivity contribution >= 4 is 0 Å². The molecule has 0 fully saturated rings. The monoisotopic (exact) mass is 204 g/mol. The molecule has 0 amide bonds. The predicted molar refractivity (Wildman–Crippen MR) is 68.2 cm³/mol. The summed E-state index contributed by atoms with van der Waals surface area (Å²) in [6, 6.07) is 9.10. The highest BCUT2D eigenvalue weighted by Crippen LogP contribution is 2.11. The molecule has 0 N–H and O–H groups in total. The molecule has 84 valence electrons. The van der Waals surface area contributed by atoms with Crippen LogP contribution in [0.5, 0.6) is 0 Å². The van der Waals surface area contributed by atoms with E-state index in [1.807, 2.05) is 0 Å². The van der Waals surface area contributed by atoms with E-state index in [2.05, 4.69) is 45.0 Å². The van der Waals surface area contributed by atoms with Crippen molar-refractivity contribution in [3.63, 3.8) is 0 Å². The van der Waals surface area contributed by atoms with Crippen molar-refractivity contribution in [2.75, 3.05) is 0 Å². The summed E-state index contributed by atoms with van der Waals surface area (Å²) in [7, 11) is 0. The fourth-order valence-corrected chi connectivity index (χ4v) is 1.82. The van der Waals surface area contributed by atoms with E-state index in [9.17, 15) is 0 Å². The van der Waals surface area contributed by atoms with Gasteiger partial charge in [-0.3, -0.25) is 0 Å². The molecule has 0 aromatic heterocycles. The van der Waals surface area contributed by atoms with Crippen LogP contribution in [0, 0.1) is 5.92 Å². The largest absolute Gasteiger partial charge is 0.0628 e. The van der Waals surface area contributed by atoms with Crippen LogP contribution in [0.3, 0.4) is 0 Å². The molecule has 0 heteroatoms. The van der Waals surface area contributed by atoms with E-state index in [1.54, 1.807) is 0 Å². The van der Waals surface area contributed by atoms with Gasteiger partial charge in [-0.2, -0.15) is 0 Å². The van der Waals surface area contributed by atoms with Gasteiger partial charge in [0.15, 0.2) is 0 Å². The van der Waals surface area contributed by atoms with E-state index in [1.165, 1.54) is 36.8 Å². The summed E-state index contributed by atoms with van der Waals surface area (Å²) in [5.74, 6) is 0.854. The highest BCUT2D eigenvalue weighted by molar-refractivity contribution is 5.22. The van der Waals surface area contributed by atoms with E-state index < -0.39 is 0 Å². The number of unbranched alkanes of at least 4 members (excludes halogenated alkanes) is 1. The fraction of sp³-hybridized carbons (Fsp3) is 0.600. The summed E-state index contributed by atoms with van der Waals surface area (Å²) in [6.07, 6.45) is 6.47. The lowest BCUT2D eigenvalue weighted by Gasteiger charge is -2.05. The summed E-state index contributed by atoms with van der Waals surface area (Å²) >= 11 is 0. The van der Waals surface area contributed by atoms with Crippen LogP contribution in [0.1, 0.15) is 51.2 Å². The van der Waals surface area contributed by atoms with Crippen molar-refractivity contribution in [1.29, 1.82) is 0 Å². The van der Waals surface area contributed by atoms with Crippen LogP contribution in [0.4, 0.5) is 0 Å². The summed E-state index contributed by atoms with van der Waals surface area (Å²) < 4.78 is 0. The van der Waals surface area contributed by atoms with E-state index in [-0.39, 0.29) is 0 Å². The Balaban J connectivity index is 2.25. The third-order valence-corrected chi connectivity index (χ3v) is 2.93. The molecule has 15 heavy (non-hydrogen) atoms. The second-order valence-electron chi connectivity index (χ2n) is 4.81. The minimum absolute atomic E-state index is 0.854. The maximum atomic E-state index is 2.30. The second-order valence-corrected chi connectivity index (χ2v) is 4.81. The van der Waals surface area contributed by atoms with Crippen molar-refractivity contribution < 1.29 is 0 Å². The minimum Gasteiger partial charge on any atom is -0.0628 e. The lowest BCUT2D eigenvalue weighted by Crippen LogP contribution is -1.90. The Morgan fingerprint density at radius 3 is 2.07 bits per heavy atom. The summed E-state index contributed by atoms with van der Waals surface area (Å²) in [6.45, 7) is 6.81. The number of aryl methyl sites for hydroxylation is 2. The molecule has 0 radical (unpaired) electrons. The zero-order chi connectivity index (χ0) is 11.1. The molecule has 0 heterocycles. The Labute approximate surface area is 94.7 Å². The van der Waals surface area contributed by atoms with Crippen LogP contribution in [0.25, 0.3) is 0 Å². The molecular formula is C15H24. The van der Waals surface area contributed by atoms with Gasteiger partial charge in [-0.1, -0.05) is 57.9 Å². The molecule has 0 nitrogen and oxygen atoms in total. The predicted octanol–water partition coefficient (Wildman–Crippen LogP) is 4.62. The molecule has 0 atom stereocenters. The van der Waals surface area contributed by atoms with Gasteiger partial charge >= 0.3 is 0 Å². The first kappa shape index (κ1) is 12.3. The zero-order valence-electron chi connectivity index (χ0n) is 10.4. The van der Waals surface area contributed by atoms with Crippen LogP contribution >= 0.6 is 0 Å². The average molecular weight is 204 g/mol. The zero-order valence-corrected chi connectivity index (χ0v) is 10.4. The minimum atomic E-state index is 0.854. The molecule has 1 aromatic carbocycles. The standard InChI is InChI=1S/C15H24/c1-4-14-9-11-15(12-10-14)8-6-5-7-13(2)3/h9-13H,4-8H2,1-3H3. The van der Waals surface area contributed by atoms with E-state index in [0.29, 0.717) is 0 Å². The molecule has 0 aliphatic rings. The normalized spacial score (nSPS) is 10.9. The quantitative estimate of drug-likeness (QED) is 0.593. The van der Waals surface area contributed by atoms with E-state index >= 15 is 0 Å². The average Bonchev–Trinajstić information content (AvgIpc) is 2.25. The number of benzene rings is 1. The Morgan fingerprint density at radius 2 is 1.53 bits per heavy atom. The molecule has 0 bridgehead atoms. The first-order valence-corrected chi connectivity index (χ1v) is 6.30. The van der Waals surface area contributed by atoms with Gasteiger partial charge in [0.1, 0.15) is 0 Å². The van der Waals surface area contributed by atoms with Gasteiger partial charge in [0, 0.05) is 0 Å². The Morgan fingerprint density at radius 1 is 0.933 bits per heavy atom. The van der Waals surface area contributed by atoms with Crippen molar-refractivity contribution in [1.82, 2.24) is 0 Å². The highest BCUT2D eigenvalue weighted by Gasteiger charge is 1.96. The molecule has 0 unspecified atom stereocenters. The van der Waals surface area contributed by atoms with Crippen LogP contribution in [0.2, 0.25) is 0 Å². The topological polar surface area (TPSA) is 0 Å². The van der Waals surface area contributed by atoms with Gasteiger partial charge < -0.3 is 0 Å². The first-order chi connectivity index (χ1) is 7.22. The summed E-state index contributed by atoms with van der Waals surface area (Å²) in [4.78, 5) is 0. The molecule has 0 spiro atoms. The third-order valence-electron chi connectivity index (χ3n) is 2.93. The second kappa shape index (κ2) is 6.66. The Bertz CT molecular complexity index is 256. The number of hydrogen-bond donors (Lipinski definition) is 0. The van der Waals surface area contributed by atoms with Gasteiger partial charge in [0.2, 0.25) is 0 Å². The van der Waals surface area contributed by atoms with Gasteiger partial charge in [0.25, 0.3) is 0 Å². The first-order valence-electron chi connectivity index (χ1n) is 6.30. The SMILES string of the molecule is CCc1ccc(CCCCC(C)C)cc1. The molecule has 0 aliphatic heterocycles. The van der Waals surface area contributed by atoms with Crippen molar-refractivity contribution in [2.24, 2.45) is 5.92 Å². The van der Waals surface area contributed by atoms with E-state index in [0.717, 1.165) is 12.3 Å². The van der Waals surface area contributed by atoms with Crippen molar-refractivity contribution in [2.45, 2.75) is 52.9 Å². The number of rotatable bonds is 6. The van der Waals surface area contributed by atoms with Crippen molar-refractivity contribution in [3.8, 4) is 0 Å². The summed E-state index contributed by atoms with van der Waals surface area (Å²) in [5, 5.41) is 0. The maximum Gasteiger partial charge on any atom is -0.0279 e. The molecule has 1 rings (SSSR count). The van der Waals surface area contributed by atoms with Crippen LogP contribution in [0.15, 0.2) is 24.3 Å². The van der Waals surface area contributed by atoms with Gasteiger partial charge in [0.05, 0.1) is 0 Å². The lowest BCUT2D eigenvalue weighted by molar-refractivity contribution is 0.538. The molecule has 0 aliphatic carbocycles. The smallest absolute Gasteiger partial charge is 0.0279 e. The fourth-order valence-electron chi connectivity index (χ4n) is 1.82. The molecular weight excluding hydrogens is 180 g/mol. The maximum absolute atomic E-state index is 2.30. The lowest BCUT2D eigenvalue weighted by atomic mass is 10.0. The Hall–Kier alpha value is -0.780. The van der Waals surface area contributed by atoms with E-state index in [4.69, 9.17) is 0 Å². The summed E-state index contributed by atoms with van der Waals surface area (Å²) in [5.41, 5.74) is 2.94. The van der Waals surface area contributed by atoms with Crippen LogP contribution in [-0.2, 0) is 12.8 Å².